The van der Waals surface area contributed by atoms with Crippen LogP contribution < -0.4 is 4.74 Å². The number of hydrogen-bond donors (Lipinski definition) is 0. The van der Waals surface area contributed by atoms with Crippen LogP contribution in [0.1, 0.15) is 18.1 Å². The lowest BCUT2D eigenvalue weighted by Crippen LogP contribution is -2.59. The fourth-order valence-corrected chi connectivity index (χ4v) is 5.44. The third-order valence-electron chi connectivity index (χ3n) is 7.53. The molecule has 8 nitrogen and oxygen atoms in total. The molecule has 0 saturated carbocycles. The highest BCUT2D eigenvalue weighted by molar-refractivity contribution is 5.62. The molecular weight excluding hydrogens is 567 g/mol. The first-order chi connectivity index (χ1) is 19.9. The highest BCUT2D eigenvalue weighted by Gasteiger charge is 2.61. The van der Waals surface area contributed by atoms with Gasteiger partial charge in [0.15, 0.2) is 6.29 Å². The SMILES string of the molecule is COC1C(C)OC(OC2Cc3ccc(-c4ccn(-c5ccc(OC(F)(F)C(F)(F)F)cc5)n4)cc3C2)C(OC)C1OC. The summed E-state index contributed by atoms with van der Waals surface area (Å²) >= 11 is 0. The summed E-state index contributed by atoms with van der Waals surface area (Å²) in [4.78, 5) is 0. The Balaban J connectivity index is 1.25. The number of aromatic nitrogens is 2. The fraction of sp³-hybridized carbons (Fsp3) is 0.483. The molecule has 2 aliphatic rings. The Morgan fingerprint density at radius 2 is 1.50 bits per heavy atom. The topological polar surface area (TPSA) is 73.2 Å². The van der Waals surface area contributed by atoms with E-state index >= 15 is 0 Å². The van der Waals surface area contributed by atoms with Crippen LogP contribution in [0.3, 0.4) is 0 Å². The molecule has 228 valence electrons. The van der Waals surface area contributed by atoms with Crippen molar-refractivity contribution in [3.63, 3.8) is 0 Å². The Labute approximate surface area is 239 Å². The van der Waals surface area contributed by atoms with Crippen LogP contribution >= 0.6 is 0 Å². The minimum atomic E-state index is -5.82. The molecule has 0 radical (unpaired) electrons. The maximum absolute atomic E-state index is 13.2. The van der Waals surface area contributed by atoms with Crippen LogP contribution in [0.25, 0.3) is 16.9 Å². The second-order valence-corrected chi connectivity index (χ2v) is 10.2. The summed E-state index contributed by atoms with van der Waals surface area (Å²) in [6.45, 7) is 1.91. The van der Waals surface area contributed by atoms with Crippen molar-refractivity contribution in [2.75, 3.05) is 21.3 Å². The van der Waals surface area contributed by atoms with E-state index in [0.29, 0.717) is 24.2 Å². The van der Waals surface area contributed by atoms with E-state index in [1.165, 1.54) is 16.8 Å². The van der Waals surface area contributed by atoms with E-state index in [1.54, 1.807) is 33.6 Å². The molecule has 6 unspecified atom stereocenters. The zero-order valence-electron chi connectivity index (χ0n) is 23.3. The predicted octanol–water partition coefficient (Wildman–Crippen LogP) is 5.35. The molecule has 1 saturated heterocycles. The fourth-order valence-electron chi connectivity index (χ4n) is 5.44. The Hall–Kier alpha value is -3.10. The summed E-state index contributed by atoms with van der Waals surface area (Å²) in [6.07, 6.45) is -10.2. The number of ether oxygens (including phenoxy) is 6. The summed E-state index contributed by atoms with van der Waals surface area (Å²) < 4.78 is 98.3. The maximum atomic E-state index is 13.2. The van der Waals surface area contributed by atoms with Crippen molar-refractivity contribution >= 4 is 0 Å². The molecule has 5 rings (SSSR count). The molecular formula is C29H31F5N2O6. The average Bonchev–Trinajstić information content (AvgIpc) is 3.59. The first-order valence-corrected chi connectivity index (χ1v) is 13.2. The molecule has 1 aromatic heterocycles. The predicted molar refractivity (Wildman–Crippen MR) is 140 cm³/mol. The smallest absolute Gasteiger partial charge is 0.426 e. The lowest BCUT2D eigenvalue weighted by atomic mass is 9.99. The number of fused-ring (bicyclic) bond motifs is 1. The van der Waals surface area contributed by atoms with Gasteiger partial charge in [-0.1, -0.05) is 12.1 Å². The van der Waals surface area contributed by atoms with Crippen molar-refractivity contribution in [3.05, 3.63) is 65.9 Å². The summed E-state index contributed by atoms with van der Waals surface area (Å²) in [5.41, 5.74) is 4.22. The van der Waals surface area contributed by atoms with Crippen molar-refractivity contribution in [2.45, 2.75) is 68.9 Å². The van der Waals surface area contributed by atoms with Crippen LogP contribution in [0.2, 0.25) is 0 Å². The van der Waals surface area contributed by atoms with Gasteiger partial charge in [0.1, 0.15) is 24.1 Å². The molecule has 3 aromatic rings. The monoisotopic (exact) mass is 598 g/mol. The van der Waals surface area contributed by atoms with Gasteiger partial charge < -0.3 is 28.4 Å². The van der Waals surface area contributed by atoms with Gasteiger partial charge in [-0.2, -0.15) is 27.1 Å². The van der Waals surface area contributed by atoms with Crippen LogP contribution in [-0.4, -0.2) is 80.2 Å². The van der Waals surface area contributed by atoms with Crippen molar-refractivity contribution in [1.29, 1.82) is 0 Å². The number of methoxy groups -OCH3 is 3. The lowest BCUT2D eigenvalue weighted by Gasteiger charge is -2.44. The highest BCUT2D eigenvalue weighted by Crippen LogP contribution is 2.38. The van der Waals surface area contributed by atoms with Crippen LogP contribution in [0.5, 0.6) is 5.75 Å². The Morgan fingerprint density at radius 3 is 2.14 bits per heavy atom. The summed E-state index contributed by atoms with van der Waals surface area (Å²) in [5.74, 6) is -0.620. The quantitative estimate of drug-likeness (QED) is 0.308. The van der Waals surface area contributed by atoms with Gasteiger partial charge in [0, 0.05) is 33.1 Å². The number of benzene rings is 2. The van der Waals surface area contributed by atoms with Gasteiger partial charge in [-0.3, -0.25) is 0 Å². The molecule has 2 aromatic carbocycles. The minimum Gasteiger partial charge on any atom is -0.426 e. The molecule has 0 spiro atoms. The number of alkyl halides is 5. The summed E-state index contributed by atoms with van der Waals surface area (Å²) in [7, 11) is 4.80. The molecule has 0 N–H and O–H groups in total. The molecule has 1 aliphatic carbocycles. The largest absolute Gasteiger partial charge is 0.499 e. The minimum absolute atomic E-state index is 0.135. The summed E-state index contributed by atoms with van der Waals surface area (Å²) in [5, 5.41) is 4.55. The highest BCUT2D eigenvalue weighted by atomic mass is 19.4. The lowest BCUT2D eigenvalue weighted by molar-refractivity contribution is -0.360. The van der Waals surface area contributed by atoms with Crippen LogP contribution in [0.4, 0.5) is 22.0 Å². The zero-order valence-corrected chi connectivity index (χ0v) is 23.3. The van der Waals surface area contributed by atoms with Gasteiger partial charge >= 0.3 is 12.3 Å². The van der Waals surface area contributed by atoms with Crippen LogP contribution in [0.15, 0.2) is 54.7 Å². The Bertz CT molecular complexity index is 1370. The number of rotatable bonds is 9. The van der Waals surface area contributed by atoms with Crippen molar-refractivity contribution < 1.29 is 50.4 Å². The van der Waals surface area contributed by atoms with Crippen LogP contribution in [0, 0.1) is 0 Å². The molecule has 0 amide bonds. The van der Waals surface area contributed by atoms with Gasteiger partial charge in [-0.25, -0.2) is 4.68 Å². The third kappa shape index (κ3) is 6.02. The Kier molecular flexibility index (Phi) is 8.59. The van der Waals surface area contributed by atoms with E-state index in [2.05, 4.69) is 9.84 Å². The van der Waals surface area contributed by atoms with E-state index in [4.69, 9.17) is 23.7 Å². The Morgan fingerprint density at radius 1 is 0.833 bits per heavy atom. The van der Waals surface area contributed by atoms with Crippen molar-refractivity contribution in [2.24, 2.45) is 0 Å². The van der Waals surface area contributed by atoms with Crippen molar-refractivity contribution in [3.8, 4) is 22.7 Å². The number of halogens is 5. The second kappa shape index (κ2) is 11.9. The second-order valence-electron chi connectivity index (χ2n) is 10.2. The summed E-state index contributed by atoms with van der Waals surface area (Å²) in [6, 6.07) is 12.5. The average molecular weight is 599 g/mol. The van der Waals surface area contributed by atoms with E-state index < -0.39 is 30.4 Å². The van der Waals surface area contributed by atoms with Gasteiger partial charge in [0.05, 0.1) is 23.6 Å². The van der Waals surface area contributed by atoms with Crippen molar-refractivity contribution in [1.82, 2.24) is 9.78 Å². The van der Waals surface area contributed by atoms with Gasteiger partial charge in [-0.05, 0) is 67.3 Å². The third-order valence-corrected chi connectivity index (χ3v) is 7.53. The van der Waals surface area contributed by atoms with Gasteiger partial charge in [-0.15, -0.1) is 0 Å². The maximum Gasteiger partial charge on any atom is 0.499 e. The first kappa shape index (κ1) is 30.4. The normalized spacial score (nSPS) is 26.3. The van der Waals surface area contributed by atoms with E-state index in [-0.39, 0.29) is 24.4 Å². The van der Waals surface area contributed by atoms with E-state index in [9.17, 15) is 22.0 Å². The van der Waals surface area contributed by atoms with Gasteiger partial charge in [0.2, 0.25) is 0 Å². The number of hydrogen-bond acceptors (Lipinski definition) is 7. The molecule has 1 aliphatic heterocycles. The zero-order chi connectivity index (χ0) is 30.2. The van der Waals surface area contributed by atoms with Crippen LogP contribution in [-0.2, 0) is 36.5 Å². The molecule has 0 bridgehead atoms. The molecule has 13 heteroatoms. The molecule has 6 atom stereocenters. The number of nitrogens with zero attached hydrogens (tertiary/aromatic N) is 2. The van der Waals surface area contributed by atoms with E-state index in [0.717, 1.165) is 28.8 Å². The molecule has 1 fully saturated rings. The first-order valence-electron chi connectivity index (χ1n) is 13.2. The van der Waals surface area contributed by atoms with Gasteiger partial charge in [0.25, 0.3) is 0 Å². The van der Waals surface area contributed by atoms with E-state index in [1.807, 2.05) is 25.1 Å². The molecule has 42 heavy (non-hydrogen) atoms. The standard InChI is InChI=1S/C29H31F5N2O6/c1-16-24(37-2)25(38-3)26(39-4)27(40-16)41-22-14-17-5-6-18(13-19(17)15-22)23-11-12-36(35-23)20-7-9-21(10-8-20)42-29(33,34)28(30,31)32/h5-13,16,22,24-27H,14-15H2,1-4H3. The molecule has 2 heterocycles.